The van der Waals surface area contributed by atoms with Gasteiger partial charge in [0.1, 0.15) is 11.3 Å². The number of pyridine rings is 1. The lowest BCUT2D eigenvalue weighted by atomic mass is 10.1. The van der Waals surface area contributed by atoms with E-state index in [1.165, 1.54) is 0 Å². The summed E-state index contributed by atoms with van der Waals surface area (Å²) in [5.41, 5.74) is 2.11. The maximum Gasteiger partial charge on any atom is 0.303 e. The minimum atomic E-state index is -0.816. The van der Waals surface area contributed by atoms with Gasteiger partial charge in [0.25, 0.3) is 5.91 Å². The molecule has 0 saturated heterocycles. The van der Waals surface area contributed by atoms with E-state index >= 15 is 0 Å². The highest BCUT2D eigenvalue weighted by Crippen LogP contribution is 2.09. The number of hydrogen-bond donors (Lipinski definition) is 2. The van der Waals surface area contributed by atoms with Crippen molar-refractivity contribution in [2.45, 2.75) is 26.7 Å². The first-order chi connectivity index (χ1) is 9.97. The Labute approximate surface area is 122 Å². The van der Waals surface area contributed by atoms with Crippen LogP contribution < -0.4 is 5.32 Å². The van der Waals surface area contributed by atoms with Crippen molar-refractivity contribution in [1.82, 2.24) is 14.7 Å². The topological polar surface area (TPSA) is 83.7 Å². The van der Waals surface area contributed by atoms with Gasteiger partial charge in [-0.25, -0.2) is 4.98 Å². The van der Waals surface area contributed by atoms with E-state index < -0.39 is 5.97 Å². The molecule has 0 saturated carbocycles. The Bertz CT molecular complexity index is 663. The van der Waals surface area contributed by atoms with Crippen molar-refractivity contribution in [3.8, 4) is 0 Å². The minimum Gasteiger partial charge on any atom is -0.481 e. The van der Waals surface area contributed by atoms with Crippen LogP contribution >= 0.6 is 0 Å². The molecule has 2 aromatic rings. The third-order valence-corrected chi connectivity index (χ3v) is 3.39. The lowest BCUT2D eigenvalue weighted by Gasteiger charge is -2.10. The molecule has 0 bridgehead atoms. The molecule has 112 valence electrons. The molecule has 0 aromatic carbocycles. The molecule has 2 N–H and O–H groups in total. The fourth-order valence-corrected chi connectivity index (χ4v) is 2.09. The molecule has 2 aromatic heterocycles. The second-order valence-corrected chi connectivity index (χ2v) is 5.27. The number of aromatic nitrogens is 2. The minimum absolute atomic E-state index is 0.115. The number of carbonyl (C=O) groups is 2. The fourth-order valence-electron chi connectivity index (χ4n) is 2.09. The summed E-state index contributed by atoms with van der Waals surface area (Å²) in [4.78, 5) is 26.8. The van der Waals surface area contributed by atoms with Gasteiger partial charge in [-0.1, -0.05) is 13.0 Å². The predicted octanol–water partition coefficient (Wildman–Crippen LogP) is 1.87. The first kappa shape index (κ1) is 15.0. The lowest BCUT2D eigenvalue weighted by Crippen LogP contribution is -2.28. The van der Waals surface area contributed by atoms with Gasteiger partial charge in [-0.2, -0.15) is 0 Å². The third-order valence-electron chi connectivity index (χ3n) is 3.39. The van der Waals surface area contributed by atoms with Crippen molar-refractivity contribution in [2.75, 3.05) is 6.54 Å². The highest BCUT2D eigenvalue weighted by molar-refractivity contribution is 5.92. The van der Waals surface area contributed by atoms with Crippen LogP contribution in [0.1, 0.15) is 35.9 Å². The second kappa shape index (κ2) is 6.39. The Hall–Kier alpha value is -2.37. The van der Waals surface area contributed by atoms with Crippen LogP contribution in [0, 0.1) is 12.8 Å². The Morgan fingerprint density at radius 3 is 2.86 bits per heavy atom. The van der Waals surface area contributed by atoms with E-state index in [1.807, 2.05) is 36.4 Å². The number of carboxylic acid groups (broad SMARTS) is 1. The lowest BCUT2D eigenvalue weighted by molar-refractivity contribution is -0.137. The van der Waals surface area contributed by atoms with E-state index in [0.717, 1.165) is 11.3 Å². The molecule has 2 rings (SSSR count). The van der Waals surface area contributed by atoms with E-state index in [4.69, 9.17) is 5.11 Å². The van der Waals surface area contributed by atoms with E-state index in [-0.39, 0.29) is 18.2 Å². The number of nitrogens with one attached hydrogen (secondary N) is 1. The zero-order valence-corrected chi connectivity index (χ0v) is 12.2. The molecule has 0 aliphatic rings. The molecule has 0 aliphatic carbocycles. The van der Waals surface area contributed by atoms with Gasteiger partial charge in [0, 0.05) is 24.9 Å². The molecule has 1 atom stereocenters. The smallest absolute Gasteiger partial charge is 0.303 e. The van der Waals surface area contributed by atoms with Crippen molar-refractivity contribution in [3.05, 3.63) is 35.8 Å². The SMILES string of the molecule is Cc1cccc2nc(C(=O)NCC(C)CCC(=O)O)cn12. The predicted molar refractivity (Wildman–Crippen MR) is 78.3 cm³/mol. The molecule has 0 radical (unpaired) electrons. The van der Waals surface area contributed by atoms with E-state index in [0.29, 0.717) is 18.7 Å². The van der Waals surface area contributed by atoms with Crippen LogP contribution in [0.3, 0.4) is 0 Å². The number of carbonyl (C=O) groups excluding carboxylic acids is 1. The zero-order valence-electron chi connectivity index (χ0n) is 12.2. The summed E-state index contributed by atoms with van der Waals surface area (Å²) < 4.78 is 1.86. The second-order valence-electron chi connectivity index (χ2n) is 5.27. The van der Waals surface area contributed by atoms with Crippen LogP contribution in [0.15, 0.2) is 24.4 Å². The van der Waals surface area contributed by atoms with E-state index in [2.05, 4.69) is 10.3 Å². The van der Waals surface area contributed by atoms with Gasteiger partial charge in [-0.15, -0.1) is 0 Å². The molecule has 6 heteroatoms. The molecule has 0 spiro atoms. The van der Waals surface area contributed by atoms with Crippen molar-refractivity contribution in [3.63, 3.8) is 0 Å². The van der Waals surface area contributed by atoms with Crippen LogP contribution in [-0.2, 0) is 4.79 Å². The number of rotatable bonds is 6. The average molecular weight is 289 g/mol. The van der Waals surface area contributed by atoms with Crippen LogP contribution in [-0.4, -0.2) is 32.9 Å². The van der Waals surface area contributed by atoms with E-state index in [9.17, 15) is 9.59 Å². The Kier molecular flexibility index (Phi) is 4.57. The van der Waals surface area contributed by atoms with Gasteiger partial charge in [-0.3, -0.25) is 9.59 Å². The first-order valence-corrected chi connectivity index (χ1v) is 6.92. The number of fused-ring (bicyclic) bond motifs is 1. The molecule has 0 fully saturated rings. The van der Waals surface area contributed by atoms with Crippen LogP contribution in [0.2, 0.25) is 0 Å². The standard InChI is InChI=1S/C15H19N3O3/c1-10(6-7-14(19)20)8-16-15(21)12-9-18-11(2)4-3-5-13(18)17-12/h3-5,9-10H,6-8H2,1-2H3,(H,16,21)(H,19,20). The number of aryl methyl sites for hydroxylation is 1. The van der Waals surface area contributed by atoms with Crippen LogP contribution in [0.5, 0.6) is 0 Å². The van der Waals surface area contributed by atoms with Crippen molar-refractivity contribution in [1.29, 1.82) is 0 Å². The summed E-state index contributed by atoms with van der Waals surface area (Å²) in [5, 5.41) is 11.4. The molecule has 2 heterocycles. The maximum atomic E-state index is 12.1. The van der Waals surface area contributed by atoms with Crippen molar-refractivity contribution in [2.24, 2.45) is 5.92 Å². The van der Waals surface area contributed by atoms with Gasteiger partial charge >= 0.3 is 5.97 Å². The zero-order chi connectivity index (χ0) is 15.4. The number of carboxylic acids is 1. The highest BCUT2D eigenvalue weighted by atomic mass is 16.4. The van der Waals surface area contributed by atoms with Gasteiger partial charge in [0.05, 0.1) is 0 Å². The number of imidazole rings is 1. The van der Waals surface area contributed by atoms with Crippen molar-refractivity contribution >= 4 is 17.5 Å². The van der Waals surface area contributed by atoms with Gasteiger partial charge in [-0.05, 0) is 31.4 Å². The van der Waals surface area contributed by atoms with Gasteiger partial charge in [0.15, 0.2) is 0 Å². The Morgan fingerprint density at radius 2 is 2.19 bits per heavy atom. The Morgan fingerprint density at radius 1 is 1.43 bits per heavy atom. The summed E-state index contributed by atoms with van der Waals surface area (Å²) in [5.74, 6) is -0.937. The first-order valence-electron chi connectivity index (χ1n) is 6.92. The Balaban J connectivity index is 1.96. The van der Waals surface area contributed by atoms with Crippen molar-refractivity contribution < 1.29 is 14.7 Å². The summed E-state index contributed by atoms with van der Waals surface area (Å²) in [6.45, 7) is 4.31. The molecule has 1 unspecified atom stereocenters. The van der Waals surface area contributed by atoms with Crippen LogP contribution in [0.25, 0.3) is 5.65 Å². The highest BCUT2D eigenvalue weighted by Gasteiger charge is 2.13. The number of aliphatic carboxylic acids is 1. The maximum absolute atomic E-state index is 12.1. The molecule has 0 aliphatic heterocycles. The summed E-state index contributed by atoms with van der Waals surface area (Å²) in [6.07, 6.45) is 2.37. The number of amides is 1. The molecule has 21 heavy (non-hydrogen) atoms. The molecular weight excluding hydrogens is 270 g/mol. The van der Waals surface area contributed by atoms with E-state index in [1.54, 1.807) is 6.20 Å². The van der Waals surface area contributed by atoms with Crippen LogP contribution in [0.4, 0.5) is 0 Å². The largest absolute Gasteiger partial charge is 0.481 e. The summed E-state index contributed by atoms with van der Waals surface area (Å²) >= 11 is 0. The molecule has 6 nitrogen and oxygen atoms in total. The quantitative estimate of drug-likeness (QED) is 0.850. The average Bonchev–Trinajstić information content (AvgIpc) is 2.88. The summed E-state index contributed by atoms with van der Waals surface area (Å²) in [6, 6.07) is 5.69. The van der Waals surface area contributed by atoms with Gasteiger partial charge < -0.3 is 14.8 Å². The number of nitrogens with zero attached hydrogens (tertiary/aromatic N) is 2. The number of hydrogen-bond acceptors (Lipinski definition) is 3. The molecule has 1 amide bonds. The summed E-state index contributed by atoms with van der Waals surface area (Å²) in [7, 11) is 0. The van der Waals surface area contributed by atoms with Gasteiger partial charge in [0.2, 0.25) is 0 Å². The third kappa shape index (κ3) is 3.81. The monoisotopic (exact) mass is 289 g/mol. The normalized spacial score (nSPS) is 12.3. The fraction of sp³-hybridized carbons (Fsp3) is 0.400. The molecular formula is C15H19N3O3.